The van der Waals surface area contributed by atoms with Crippen molar-refractivity contribution < 1.29 is 18.9 Å². The van der Waals surface area contributed by atoms with E-state index in [1.165, 1.54) is 18.2 Å². The molecule has 9 heteroatoms. The standard InChI is InChI=1S/C24H27FN4O4/c1-17-3-2-9-28(17)22-7-5-19(29(32)33)16-20(22)24(31)27-12-10-26(11-13-27)23-6-4-18(8-14-30)15-21(23)25/h4-7,14-17H,2-3,8-13H2,1H3. The Bertz CT molecular complexity index is 1070. The fourth-order valence-electron chi connectivity index (χ4n) is 4.70. The molecule has 0 bridgehead atoms. The van der Waals surface area contributed by atoms with Crippen LogP contribution in [0.3, 0.4) is 0 Å². The zero-order valence-corrected chi connectivity index (χ0v) is 18.6. The van der Waals surface area contributed by atoms with Crippen LogP contribution in [0.2, 0.25) is 0 Å². The molecule has 2 aromatic rings. The van der Waals surface area contributed by atoms with Gasteiger partial charge in [0.25, 0.3) is 11.6 Å². The average molecular weight is 455 g/mol. The van der Waals surface area contributed by atoms with Crippen LogP contribution in [0.4, 0.5) is 21.5 Å². The van der Waals surface area contributed by atoms with Crippen LogP contribution in [0.15, 0.2) is 36.4 Å². The van der Waals surface area contributed by atoms with E-state index in [1.54, 1.807) is 23.1 Å². The van der Waals surface area contributed by atoms with E-state index in [-0.39, 0.29) is 24.1 Å². The molecule has 4 rings (SSSR count). The van der Waals surface area contributed by atoms with Gasteiger partial charge in [0.2, 0.25) is 0 Å². The van der Waals surface area contributed by atoms with E-state index in [0.717, 1.165) is 31.4 Å². The predicted octanol–water partition coefficient (Wildman–Crippen LogP) is 3.43. The Labute approximate surface area is 191 Å². The number of hydrogen-bond donors (Lipinski definition) is 0. The van der Waals surface area contributed by atoms with E-state index >= 15 is 0 Å². The first kappa shape index (κ1) is 22.7. The van der Waals surface area contributed by atoms with Gasteiger partial charge in [-0.2, -0.15) is 0 Å². The van der Waals surface area contributed by atoms with Gasteiger partial charge in [-0.05, 0) is 43.5 Å². The van der Waals surface area contributed by atoms with Gasteiger partial charge in [0.05, 0.1) is 21.9 Å². The third-order valence-corrected chi connectivity index (χ3v) is 6.52. The fourth-order valence-corrected chi connectivity index (χ4v) is 4.70. The van der Waals surface area contributed by atoms with Crippen LogP contribution >= 0.6 is 0 Å². The van der Waals surface area contributed by atoms with Crippen molar-refractivity contribution in [3.63, 3.8) is 0 Å². The van der Waals surface area contributed by atoms with Gasteiger partial charge in [0.15, 0.2) is 0 Å². The smallest absolute Gasteiger partial charge is 0.270 e. The summed E-state index contributed by atoms with van der Waals surface area (Å²) in [5.74, 6) is -0.632. The maximum Gasteiger partial charge on any atom is 0.270 e. The maximum absolute atomic E-state index is 14.6. The Balaban J connectivity index is 1.52. The summed E-state index contributed by atoms with van der Waals surface area (Å²) in [4.78, 5) is 40.7. The van der Waals surface area contributed by atoms with Crippen molar-refractivity contribution in [2.45, 2.75) is 32.2 Å². The second-order valence-electron chi connectivity index (χ2n) is 8.58. The zero-order chi connectivity index (χ0) is 23.5. The van der Waals surface area contributed by atoms with Gasteiger partial charge in [-0.3, -0.25) is 14.9 Å². The second-order valence-corrected chi connectivity index (χ2v) is 8.58. The van der Waals surface area contributed by atoms with E-state index in [9.17, 15) is 24.1 Å². The summed E-state index contributed by atoms with van der Waals surface area (Å²) in [5.41, 5.74) is 2.03. The summed E-state index contributed by atoms with van der Waals surface area (Å²) in [6.07, 6.45) is 2.94. The zero-order valence-electron chi connectivity index (χ0n) is 18.6. The lowest BCUT2D eigenvalue weighted by Crippen LogP contribution is -2.49. The highest BCUT2D eigenvalue weighted by Gasteiger charge is 2.30. The van der Waals surface area contributed by atoms with Gasteiger partial charge >= 0.3 is 0 Å². The van der Waals surface area contributed by atoms with E-state index in [4.69, 9.17) is 0 Å². The second kappa shape index (κ2) is 9.56. The largest absolute Gasteiger partial charge is 0.368 e. The number of aldehydes is 1. The molecule has 0 saturated carbocycles. The Hall–Kier alpha value is -3.49. The molecule has 0 aromatic heterocycles. The van der Waals surface area contributed by atoms with Crippen LogP contribution in [0, 0.1) is 15.9 Å². The van der Waals surface area contributed by atoms with Gasteiger partial charge in [0.1, 0.15) is 12.1 Å². The van der Waals surface area contributed by atoms with Crippen molar-refractivity contribution in [1.82, 2.24) is 4.90 Å². The molecule has 2 aromatic carbocycles. The van der Waals surface area contributed by atoms with Crippen LogP contribution in [0.5, 0.6) is 0 Å². The number of nitro groups is 1. The van der Waals surface area contributed by atoms with Gasteiger partial charge in [0, 0.05) is 57.3 Å². The van der Waals surface area contributed by atoms with Crippen molar-refractivity contribution in [1.29, 1.82) is 0 Å². The van der Waals surface area contributed by atoms with Crippen LogP contribution in [0.25, 0.3) is 0 Å². The predicted molar refractivity (Wildman–Crippen MR) is 123 cm³/mol. The summed E-state index contributed by atoms with van der Waals surface area (Å²) < 4.78 is 14.6. The third kappa shape index (κ3) is 4.67. The van der Waals surface area contributed by atoms with Crippen molar-refractivity contribution in [2.24, 2.45) is 0 Å². The molecule has 2 aliphatic heterocycles. The lowest BCUT2D eigenvalue weighted by Gasteiger charge is -2.37. The molecule has 2 saturated heterocycles. The molecule has 174 valence electrons. The molecule has 1 atom stereocenters. The first-order valence-electron chi connectivity index (χ1n) is 11.2. The quantitative estimate of drug-likeness (QED) is 0.378. The molecule has 8 nitrogen and oxygen atoms in total. The number of rotatable bonds is 6. The number of non-ortho nitro benzene ring substituents is 1. The minimum atomic E-state index is -0.483. The first-order valence-corrected chi connectivity index (χ1v) is 11.2. The molecule has 0 radical (unpaired) electrons. The highest BCUT2D eigenvalue weighted by Crippen LogP contribution is 2.32. The number of carbonyl (C=O) groups is 2. The van der Waals surface area contributed by atoms with E-state index < -0.39 is 10.7 Å². The maximum atomic E-state index is 14.6. The van der Waals surface area contributed by atoms with E-state index in [1.807, 2.05) is 4.90 Å². The highest BCUT2D eigenvalue weighted by atomic mass is 19.1. The molecular formula is C24H27FN4O4. The topological polar surface area (TPSA) is 87.0 Å². The van der Waals surface area contributed by atoms with Crippen LogP contribution in [-0.4, -0.2) is 60.8 Å². The number of carbonyl (C=O) groups excluding carboxylic acids is 2. The lowest BCUT2D eigenvalue weighted by atomic mass is 10.1. The number of halogens is 1. The molecule has 0 spiro atoms. The third-order valence-electron chi connectivity index (χ3n) is 6.52. The molecule has 2 aliphatic rings. The summed E-state index contributed by atoms with van der Waals surface area (Å²) in [6.45, 7) is 4.56. The van der Waals surface area contributed by atoms with Crippen molar-refractivity contribution >= 4 is 29.3 Å². The van der Waals surface area contributed by atoms with Crippen molar-refractivity contribution in [3.05, 3.63) is 63.5 Å². The monoisotopic (exact) mass is 454 g/mol. The van der Waals surface area contributed by atoms with E-state index in [0.29, 0.717) is 43.0 Å². The average Bonchev–Trinajstić information content (AvgIpc) is 3.24. The molecular weight excluding hydrogens is 427 g/mol. The Morgan fingerprint density at radius 2 is 1.85 bits per heavy atom. The van der Waals surface area contributed by atoms with Gasteiger partial charge in [-0.1, -0.05) is 6.07 Å². The number of nitro benzene ring substituents is 1. The molecule has 2 heterocycles. The molecule has 0 N–H and O–H groups in total. The number of amides is 1. The number of benzene rings is 2. The number of piperazine rings is 1. The fraction of sp³-hybridized carbons (Fsp3) is 0.417. The normalized spacial score (nSPS) is 18.5. The first-order chi connectivity index (χ1) is 15.9. The van der Waals surface area contributed by atoms with Gasteiger partial charge in [-0.25, -0.2) is 4.39 Å². The summed E-state index contributed by atoms with van der Waals surface area (Å²) >= 11 is 0. The molecule has 1 amide bonds. The molecule has 0 aliphatic carbocycles. The Morgan fingerprint density at radius 3 is 2.45 bits per heavy atom. The van der Waals surface area contributed by atoms with Gasteiger partial charge in [-0.15, -0.1) is 0 Å². The SMILES string of the molecule is CC1CCCN1c1ccc([N+](=O)[O-])cc1C(=O)N1CCN(c2ccc(CC=O)cc2F)CC1. The van der Waals surface area contributed by atoms with Crippen LogP contribution in [0.1, 0.15) is 35.7 Å². The minimum absolute atomic E-state index is 0.106. The van der Waals surface area contributed by atoms with Gasteiger partial charge < -0.3 is 19.5 Å². The van der Waals surface area contributed by atoms with Crippen LogP contribution in [-0.2, 0) is 11.2 Å². The number of anilines is 2. The van der Waals surface area contributed by atoms with E-state index in [2.05, 4.69) is 11.8 Å². The van der Waals surface area contributed by atoms with Crippen LogP contribution < -0.4 is 9.80 Å². The molecule has 2 fully saturated rings. The minimum Gasteiger partial charge on any atom is -0.368 e. The lowest BCUT2D eigenvalue weighted by molar-refractivity contribution is -0.384. The summed E-state index contributed by atoms with van der Waals surface area (Å²) in [5, 5.41) is 11.4. The number of hydrogen-bond acceptors (Lipinski definition) is 6. The van der Waals surface area contributed by atoms with Crippen molar-refractivity contribution in [3.8, 4) is 0 Å². The van der Waals surface area contributed by atoms with Crippen molar-refractivity contribution in [2.75, 3.05) is 42.5 Å². The summed E-state index contributed by atoms with van der Waals surface area (Å²) in [6, 6.07) is 9.54. The Morgan fingerprint density at radius 1 is 1.12 bits per heavy atom. The number of nitrogens with zero attached hydrogens (tertiary/aromatic N) is 4. The Kier molecular flexibility index (Phi) is 6.57. The highest BCUT2D eigenvalue weighted by molar-refractivity contribution is 6.00. The molecule has 33 heavy (non-hydrogen) atoms. The molecule has 1 unspecified atom stereocenters. The summed E-state index contributed by atoms with van der Waals surface area (Å²) in [7, 11) is 0.